The molecule has 0 N–H and O–H groups in total. The second-order valence-corrected chi connectivity index (χ2v) is 6.46. The fraction of sp³-hybridized carbons (Fsp3) is 0.267. The molecule has 0 aliphatic carbocycles. The van der Waals surface area contributed by atoms with Gasteiger partial charge in [0.1, 0.15) is 0 Å². The molecule has 17 heavy (non-hydrogen) atoms. The molecular formula is C15H15NS. The van der Waals surface area contributed by atoms with Crippen molar-refractivity contribution >= 4 is 31.5 Å². The normalized spacial score (nSPS) is 12.4. The van der Waals surface area contributed by atoms with Gasteiger partial charge in [-0.3, -0.25) is 4.98 Å². The van der Waals surface area contributed by atoms with Crippen LogP contribution in [0.15, 0.2) is 36.7 Å². The largest absolute Gasteiger partial charge is 0.264 e. The average molecular weight is 241 g/mol. The molecule has 2 aromatic heterocycles. The Bertz CT molecular complexity index is 689. The number of hydrogen-bond donors (Lipinski definition) is 0. The van der Waals surface area contributed by atoms with Crippen LogP contribution in [-0.4, -0.2) is 4.98 Å². The number of nitrogens with zero attached hydrogens (tertiary/aromatic N) is 1. The minimum Gasteiger partial charge on any atom is -0.264 e. The maximum atomic E-state index is 4.41. The predicted molar refractivity (Wildman–Crippen MR) is 75.8 cm³/mol. The van der Waals surface area contributed by atoms with E-state index in [-0.39, 0.29) is 5.41 Å². The lowest BCUT2D eigenvalue weighted by molar-refractivity contribution is 0.594. The monoisotopic (exact) mass is 241 g/mol. The van der Waals surface area contributed by atoms with Crippen LogP contribution in [0, 0.1) is 0 Å². The third kappa shape index (κ3) is 1.64. The fourth-order valence-corrected chi connectivity index (χ4v) is 3.57. The third-order valence-corrected chi connectivity index (χ3v) is 4.31. The van der Waals surface area contributed by atoms with E-state index in [1.54, 1.807) is 0 Å². The zero-order chi connectivity index (χ0) is 12.0. The lowest BCUT2D eigenvalue weighted by Crippen LogP contribution is -2.11. The van der Waals surface area contributed by atoms with Gasteiger partial charge in [-0.25, -0.2) is 0 Å². The van der Waals surface area contributed by atoms with Gasteiger partial charge in [-0.15, -0.1) is 11.3 Å². The van der Waals surface area contributed by atoms with E-state index in [4.69, 9.17) is 0 Å². The van der Waals surface area contributed by atoms with Crippen LogP contribution in [0.1, 0.15) is 26.3 Å². The highest BCUT2D eigenvalue weighted by Gasteiger charge is 2.19. The van der Waals surface area contributed by atoms with E-state index in [2.05, 4.69) is 50.0 Å². The van der Waals surface area contributed by atoms with Crippen molar-refractivity contribution in [3.63, 3.8) is 0 Å². The van der Waals surface area contributed by atoms with Gasteiger partial charge in [0.25, 0.3) is 0 Å². The molecule has 0 amide bonds. The zero-order valence-electron chi connectivity index (χ0n) is 10.3. The van der Waals surface area contributed by atoms with Gasteiger partial charge in [0, 0.05) is 32.6 Å². The molecule has 0 aliphatic heterocycles. The standard InChI is InChI=1S/C15H15NS/c1-15(2,3)12-9-16-8-11-10-6-4-5-7-13(10)17-14(11)12/h4-9H,1-3H3. The van der Waals surface area contributed by atoms with Crippen molar-refractivity contribution in [1.82, 2.24) is 4.98 Å². The summed E-state index contributed by atoms with van der Waals surface area (Å²) in [5.41, 5.74) is 1.49. The molecule has 3 aromatic rings. The van der Waals surface area contributed by atoms with Crippen LogP contribution in [-0.2, 0) is 5.41 Å². The van der Waals surface area contributed by atoms with Gasteiger partial charge in [0.15, 0.2) is 0 Å². The van der Waals surface area contributed by atoms with Crippen LogP contribution in [0.25, 0.3) is 20.2 Å². The SMILES string of the molecule is CC(C)(C)c1cncc2c1sc1ccccc12. The first-order valence-electron chi connectivity index (χ1n) is 5.83. The molecule has 0 aliphatic rings. The van der Waals surface area contributed by atoms with E-state index in [0.717, 1.165) is 0 Å². The summed E-state index contributed by atoms with van der Waals surface area (Å²) in [6.45, 7) is 6.73. The number of fused-ring (bicyclic) bond motifs is 3. The summed E-state index contributed by atoms with van der Waals surface area (Å²) in [5, 5.41) is 2.61. The van der Waals surface area contributed by atoms with E-state index in [1.807, 2.05) is 23.7 Å². The second kappa shape index (κ2) is 3.54. The highest BCUT2D eigenvalue weighted by Crippen LogP contribution is 2.38. The van der Waals surface area contributed by atoms with E-state index < -0.39 is 0 Å². The molecule has 1 aromatic carbocycles. The van der Waals surface area contributed by atoms with E-state index in [1.165, 1.54) is 25.7 Å². The first kappa shape index (κ1) is 10.7. The average Bonchev–Trinajstić information content (AvgIpc) is 2.65. The Labute approximate surface area is 105 Å². The van der Waals surface area contributed by atoms with Crippen LogP contribution < -0.4 is 0 Å². The molecule has 0 atom stereocenters. The van der Waals surface area contributed by atoms with Gasteiger partial charge < -0.3 is 0 Å². The molecule has 2 heterocycles. The highest BCUT2D eigenvalue weighted by atomic mass is 32.1. The first-order valence-corrected chi connectivity index (χ1v) is 6.65. The van der Waals surface area contributed by atoms with Gasteiger partial charge in [0.2, 0.25) is 0 Å². The van der Waals surface area contributed by atoms with Crippen molar-refractivity contribution in [2.24, 2.45) is 0 Å². The summed E-state index contributed by atoms with van der Waals surface area (Å²) >= 11 is 1.88. The predicted octanol–water partition coefficient (Wildman–Crippen LogP) is 4.75. The Morgan fingerprint density at radius 1 is 1.00 bits per heavy atom. The van der Waals surface area contributed by atoms with Crippen molar-refractivity contribution in [3.05, 3.63) is 42.2 Å². The Kier molecular flexibility index (Phi) is 2.23. The summed E-state index contributed by atoms with van der Waals surface area (Å²) in [6, 6.07) is 8.56. The van der Waals surface area contributed by atoms with E-state index in [0.29, 0.717) is 0 Å². The van der Waals surface area contributed by atoms with E-state index >= 15 is 0 Å². The maximum absolute atomic E-state index is 4.41. The lowest BCUT2D eigenvalue weighted by atomic mass is 9.88. The Balaban J connectivity index is 2.48. The van der Waals surface area contributed by atoms with Crippen molar-refractivity contribution < 1.29 is 0 Å². The second-order valence-electron chi connectivity index (χ2n) is 5.41. The molecular weight excluding hydrogens is 226 g/mol. The molecule has 1 nitrogen and oxygen atoms in total. The van der Waals surface area contributed by atoms with Crippen molar-refractivity contribution in [2.75, 3.05) is 0 Å². The molecule has 3 rings (SSSR count). The highest BCUT2D eigenvalue weighted by molar-refractivity contribution is 7.26. The molecule has 0 saturated carbocycles. The molecule has 0 bridgehead atoms. The number of benzene rings is 1. The third-order valence-electron chi connectivity index (χ3n) is 3.09. The minimum atomic E-state index is 0.146. The summed E-state index contributed by atoms with van der Waals surface area (Å²) in [7, 11) is 0. The fourth-order valence-electron chi connectivity index (χ4n) is 2.17. The Morgan fingerprint density at radius 2 is 1.76 bits per heavy atom. The molecule has 0 fully saturated rings. The van der Waals surface area contributed by atoms with Crippen molar-refractivity contribution in [2.45, 2.75) is 26.2 Å². The van der Waals surface area contributed by atoms with Crippen molar-refractivity contribution in [3.8, 4) is 0 Å². The Morgan fingerprint density at radius 3 is 2.53 bits per heavy atom. The van der Waals surface area contributed by atoms with Crippen LogP contribution in [0.3, 0.4) is 0 Å². The Hall–Kier alpha value is -1.41. The molecule has 0 saturated heterocycles. The van der Waals surface area contributed by atoms with Crippen LogP contribution in [0.2, 0.25) is 0 Å². The minimum absolute atomic E-state index is 0.146. The van der Waals surface area contributed by atoms with Crippen LogP contribution >= 0.6 is 11.3 Å². The summed E-state index contributed by atoms with van der Waals surface area (Å²) in [6.07, 6.45) is 4.00. The quantitative estimate of drug-likeness (QED) is 0.553. The number of aromatic nitrogens is 1. The van der Waals surface area contributed by atoms with Gasteiger partial charge in [-0.2, -0.15) is 0 Å². The van der Waals surface area contributed by atoms with Crippen molar-refractivity contribution in [1.29, 1.82) is 0 Å². The maximum Gasteiger partial charge on any atom is 0.0423 e. The van der Waals surface area contributed by atoms with E-state index in [9.17, 15) is 0 Å². The smallest absolute Gasteiger partial charge is 0.0423 e. The molecule has 0 unspecified atom stereocenters. The van der Waals surface area contributed by atoms with Crippen LogP contribution in [0.5, 0.6) is 0 Å². The summed E-state index contributed by atoms with van der Waals surface area (Å²) < 4.78 is 2.73. The number of pyridine rings is 1. The zero-order valence-corrected chi connectivity index (χ0v) is 11.1. The number of hydrogen-bond acceptors (Lipinski definition) is 2. The summed E-state index contributed by atoms with van der Waals surface area (Å²) in [5.74, 6) is 0. The number of thiophene rings is 1. The van der Waals surface area contributed by atoms with Crippen LogP contribution in [0.4, 0.5) is 0 Å². The topological polar surface area (TPSA) is 12.9 Å². The van der Waals surface area contributed by atoms with Gasteiger partial charge in [-0.1, -0.05) is 39.0 Å². The summed E-state index contributed by atoms with van der Waals surface area (Å²) in [4.78, 5) is 4.41. The van der Waals surface area contributed by atoms with Gasteiger partial charge in [0.05, 0.1) is 0 Å². The first-order chi connectivity index (χ1) is 8.07. The number of rotatable bonds is 0. The van der Waals surface area contributed by atoms with Gasteiger partial charge >= 0.3 is 0 Å². The van der Waals surface area contributed by atoms with Gasteiger partial charge in [-0.05, 0) is 17.0 Å². The molecule has 0 radical (unpaired) electrons. The molecule has 2 heteroatoms. The molecule has 86 valence electrons. The molecule has 0 spiro atoms. The lowest BCUT2D eigenvalue weighted by Gasteiger charge is -2.18.